The van der Waals surface area contributed by atoms with Gasteiger partial charge in [-0.3, -0.25) is 0 Å². The Morgan fingerprint density at radius 1 is 0.935 bits per heavy atom. The molecule has 3 aromatic carbocycles. The van der Waals surface area contributed by atoms with Crippen molar-refractivity contribution in [3.63, 3.8) is 0 Å². The summed E-state index contributed by atoms with van der Waals surface area (Å²) >= 11 is 6.18. The van der Waals surface area contributed by atoms with Crippen LogP contribution in [0.4, 0.5) is 0 Å². The zero-order chi connectivity index (χ0) is 21.4. The Morgan fingerprint density at radius 2 is 1.65 bits per heavy atom. The summed E-state index contributed by atoms with van der Waals surface area (Å²) < 4.78 is 32.5. The Bertz CT molecular complexity index is 1480. The zero-order valence-electron chi connectivity index (χ0n) is 16.1. The highest BCUT2D eigenvalue weighted by Crippen LogP contribution is 2.37. The first kappa shape index (κ1) is 19.5. The molecule has 0 aliphatic rings. The normalized spacial score (nSPS) is 11.8. The molecule has 0 aliphatic heterocycles. The van der Waals surface area contributed by atoms with E-state index in [1.807, 2.05) is 30.3 Å². The molecule has 0 radical (unpaired) electrons. The number of hydrogen-bond acceptors (Lipinski definition) is 5. The fraction of sp³-hybridized carbons (Fsp3) is 0.0435. The fourth-order valence-corrected chi connectivity index (χ4v) is 5.28. The maximum absolute atomic E-state index is 13.6. The number of nitrogens with one attached hydrogen (secondary N) is 1. The van der Waals surface area contributed by atoms with E-state index in [2.05, 4.69) is 15.1 Å². The SMILES string of the molecule is O=S(=O)(c1ccccc1)c1c(-c2noc(Cc3ccccc3)n2)[nH]c2ccc(Cl)cc12. The number of benzene rings is 3. The topological polar surface area (TPSA) is 88.8 Å². The van der Waals surface area contributed by atoms with Gasteiger partial charge in [-0.15, -0.1) is 0 Å². The van der Waals surface area contributed by atoms with Gasteiger partial charge in [0.05, 0.1) is 11.3 Å². The first-order valence-corrected chi connectivity index (χ1v) is 11.4. The molecule has 5 aromatic rings. The smallest absolute Gasteiger partial charge is 0.231 e. The second-order valence-electron chi connectivity index (χ2n) is 7.01. The molecular weight excluding hydrogens is 434 g/mol. The molecule has 8 heteroatoms. The molecule has 0 atom stereocenters. The van der Waals surface area contributed by atoms with Crippen molar-refractivity contribution in [1.29, 1.82) is 0 Å². The first-order valence-electron chi connectivity index (χ1n) is 9.50. The lowest BCUT2D eigenvalue weighted by molar-refractivity contribution is 0.385. The number of aromatic amines is 1. The van der Waals surface area contributed by atoms with E-state index in [-0.39, 0.29) is 21.3 Å². The van der Waals surface area contributed by atoms with Gasteiger partial charge in [-0.1, -0.05) is 65.3 Å². The summed E-state index contributed by atoms with van der Waals surface area (Å²) in [6.07, 6.45) is 0.445. The summed E-state index contributed by atoms with van der Waals surface area (Å²) in [7, 11) is -3.88. The van der Waals surface area contributed by atoms with E-state index < -0.39 is 9.84 Å². The van der Waals surface area contributed by atoms with Crippen molar-refractivity contribution in [3.05, 3.63) is 95.3 Å². The summed E-state index contributed by atoms with van der Waals surface area (Å²) in [5, 5.41) is 4.96. The molecular formula is C23H16ClN3O3S. The Morgan fingerprint density at radius 3 is 2.39 bits per heavy atom. The molecule has 2 heterocycles. The summed E-state index contributed by atoms with van der Waals surface area (Å²) in [6, 6.07) is 23.0. The van der Waals surface area contributed by atoms with Crippen molar-refractivity contribution in [2.75, 3.05) is 0 Å². The minimum Gasteiger partial charge on any atom is -0.351 e. The standard InChI is InChI=1S/C23H16ClN3O3S/c24-16-11-12-19-18(14-16)22(31(28,29)17-9-5-2-6-10-17)21(25-19)23-26-20(30-27-23)13-15-7-3-1-4-8-15/h1-12,14,25H,13H2. The summed E-state index contributed by atoms with van der Waals surface area (Å²) in [6.45, 7) is 0. The van der Waals surface area contributed by atoms with Crippen LogP contribution >= 0.6 is 11.6 Å². The Kier molecular flexibility index (Phi) is 4.84. The predicted octanol–water partition coefficient (Wildman–Crippen LogP) is 5.29. The maximum atomic E-state index is 13.6. The molecule has 5 rings (SSSR count). The maximum Gasteiger partial charge on any atom is 0.231 e. The van der Waals surface area contributed by atoms with E-state index in [0.717, 1.165) is 5.56 Å². The van der Waals surface area contributed by atoms with Crippen molar-refractivity contribution in [2.24, 2.45) is 0 Å². The fourth-order valence-electron chi connectivity index (χ4n) is 3.49. The first-order chi connectivity index (χ1) is 15.0. The van der Waals surface area contributed by atoms with E-state index in [4.69, 9.17) is 16.1 Å². The van der Waals surface area contributed by atoms with Crippen LogP contribution in [0.15, 0.2) is 93.2 Å². The van der Waals surface area contributed by atoms with Gasteiger partial charge in [-0.05, 0) is 35.9 Å². The van der Waals surface area contributed by atoms with Crippen LogP contribution in [-0.4, -0.2) is 23.5 Å². The van der Waals surface area contributed by atoms with Crippen molar-refractivity contribution < 1.29 is 12.9 Å². The van der Waals surface area contributed by atoms with Crippen molar-refractivity contribution in [3.8, 4) is 11.5 Å². The average Bonchev–Trinajstić information content (AvgIpc) is 3.39. The highest BCUT2D eigenvalue weighted by atomic mass is 35.5. The van der Waals surface area contributed by atoms with Gasteiger partial charge in [-0.25, -0.2) is 8.42 Å². The number of hydrogen-bond donors (Lipinski definition) is 1. The summed E-state index contributed by atoms with van der Waals surface area (Å²) in [4.78, 5) is 7.84. The number of halogens is 1. The molecule has 0 bridgehead atoms. The predicted molar refractivity (Wildman–Crippen MR) is 118 cm³/mol. The molecule has 0 saturated heterocycles. The van der Waals surface area contributed by atoms with Crippen LogP contribution in [0.1, 0.15) is 11.5 Å². The molecule has 0 unspecified atom stereocenters. The van der Waals surface area contributed by atoms with E-state index in [9.17, 15) is 8.42 Å². The molecule has 1 N–H and O–H groups in total. The van der Waals surface area contributed by atoms with Gasteiger partial charge in [0.15, 0.2) is 0 Å². The van der Waals surface area contributed by atoms with Crippen LogP contribution in [0.5, 0.6) is 0 Å². The monoisotopic (exact) mass is 449 g/mol. The third-order valence-corrected chi connectivity index (χ3v) is 7.01. The van der Waals surface area contributed by atoms with Crippen molar-refractivity contribution in [2.45, 2.75) is 16.2 Å². The summed E-state index contributed by atoms with van der Waals surface area (Å²) in [5.74, 6) is 0.564. The van der Waals surface area contributed by atoms with Crippen molar-refractivity contribution in [1.82, 2.24) is 15.1 Å². The molecule has 0 fully saturated rings. The van der Waals surface area contributed by atoms with Gasteiger partial charge < -0.3 is 9.51 Å². The lowest BCUT2D eigenvalue weighted by Gasteiger charge is -2.05. The van der Waals surface area contributed by atoms with E-state index >= 15 is 0 Å². The Balaban J connectivity index is 1.67. The molecule has 2 aromatic heterocycles. The number of rotatable bonds is 5. The summed E-state index contributed by atoms with van der Waals surface area (Å²) in [5.41, 5.74) is 1.89. The average molecular weight is 450 g/mol. The van der Waals surface area contributed by atoms with Crippen molar-refractivity contribution >= 4 is 32.3 Å². The van der Waals surface area contributed by atoms with Crippen LogP contribution in [0.2, 0.25) is 5.02 Å². The van der Waals surface area contributed by atoms with Crippen LogP contribution < -0.4 is 0 Å². The molecule has 154 valence electrons. The van der Waals surface area contributed by atoms with Gasteiger partial charge in [0.1, 0.15) is 10.6 Å². The third kappa shape index (κ3) is 3.62. The molecule has 31 heavy (non-hydrogen) atoms. The lowest BCUT2D eigenvalue weighted by Crippen LogP contribution is -2.03. The lowest BCUT2D eigenvalue weighted by atomic mass is 10.1. The minimum atomic E-state index is -3.88. The molecule has 0 aliphatic carbocycles. The van der Waals surface area contributed by atoms with Gasteiger partial charge in [0, 0.05) is 15.9 Å². The number of sulfone groups is 1. The van der Waals surface area contributed by atoms with Gasteiger partial charge in [0.2, 0.25) is 21.6 Å². The molecule has 6 nitrogen and oxygen atoms in total. The number of aromatic nitrogens is 3. The molecule has 0 amide bonds. The quantitative estimate of drug-likeness (QED) is 0.393. The minimum absolute atomic E-state index is 0.0725. The third-order valence-electron chi connectivity index (χ3n) is 4.93. The highest BCUT2D eigenvalue weighted by Gasteiger charge is 2.29. The Labute approximate surface area is 183 Å². The van der Waals surface area contributed by atoms with E-state index in [1.54, 1.807) is 48.5 Å². The van der Waals surface area contributed by atoms with Crippen LogP contribution in [0.25, 0.3) is 22.4 Å². The van der Waals surface area contributed by atoms with Gasteiger partial charge >= 0.3 is 0 Å². The zero-order valence-corrected chi connectivity index (χ0v) is 17.7. The number of nitrogens with zero attached hydrogens (tertiary/aromatic N) is 2. The van der Waals surface area contributed by atoms with Gasteiger partial charge in [0.25, 0.3) is 0 Å². The van der Waals surface area contributed by atoms with Gasteiger partial charge in [-0.2, -0.15) is 4.98 Å². The molecule has 0 spiro atoms. The largest absolute Gasteiger partial charge is 0.351 e. The highest BCUT2D eigenvalue weighted by molar-refractivity contribution is 7.91. The Hall–Kier alpha value is -3.42. The van der Waals surface area contributed by atoms with Crippen LogP contribution in [0, 0.1) is 0 Å². The van der Waals surface area contributed by atoms with E-state index in [0.29, 0.717) is 28.2 Å². The van der Waals surface area contributed by atoms with Crippen LogP contribution in [-0.2, 0) is 16.3 Å². The van der Waals surface area contributed by atoms with E-state index in [1.165, 1.54) is 0 Å². The second kappa shape index (κ2) is 7.68. The number of H-pyrrole nitrogens is 1. The second-order valence-corrected chi connectivity index (χ2v) is 9.33. The number of fused-ring (bicyclic) bond motifs is 1. The molecule has 0 saturated carbocycles. The van der Waals surface area contributed by atoms with Crippen LogP contribution in [0.3, 0.4) is 0 Å².